The molecule has 0 N–H and O–H groups in total. The van der Waals surface area contributed by atoms with Gasteiger partial charge in [-0.2, -0.15) is 4.52 Å². The summed E-state index contributed by atoms with van der Waals surface area (Å²) in [5, 5.41) is 8.97. The molecule has 6 heteroatoms. The van der Waals surface area contributed by atoms with Crippen LogP contribution in [-0.2, 0) is 0 Å². The fourth-order valence-electron chi connectivity index (χ4n) is 2.62. The number of rotatable bonds is 2. The van der Waals surface area contributed by atoms with Crippen LogP contribution < -0.4 is 10.4 Å². The number of nitrogens with zero attached hydrogens (tertiary/aromatic N) is 4. The molecule has 108 valence electrons. The average Bonchev–Trinajstić information content (AvgIpc) is 3.01. The minimum absolute atomic E-state index is 0.231. The van der Waals surface area contributed by atoms with Gasteiger partial charge < -0.3 is 4.84 Å². The lowest BCUT2D eigenvalue weighted by Crippen LogP contribution is -2.27. The molecule has 0 amide bonds. The summed E-state index contributed by atoms with van der Waals surface area (Å²) in [5.41, 5.74) is 2.45. The highest BCUT2D eigenvalue weighted by Crippen LogP contribution is 2.23. The molecule has 0 bridgehead atoms. The second kappa shape index (κ2) is 4.70. The predicted octanol–water partition coefficient (Wildman–Crippen LogP) is 1.77. The Labute approximate surface area is 125 Å². The van der Waals surface area contributed by atoms with Crippen molar-refractivity contribution in [2.75, 3.05) is 7.11 Å². The fourth-order valence-corrected chi connectivity index (χ4v) is 2.62. The number of aromatic nitrogens is 4. The highest BCUT2D eigenvalue weighted by molar-refractivity contribution is 5.84. The van der Waals surface area contributed by atoms with Crippen molar-refractivity contribution in [3.63, 3.8) is 0 Å². The van der Waals surface area contributed by atoms with Crippen molar-refractivity contribution in [2.45, 2.75) is 0 Å². The lowest BCUT2D eigenvalue weighted by molar-refractivity contribution is 0.167. The third-order valence-electron chi connectivity index (χ3n) is 3.62. The van der Waals surface area contributed by atoms with Gasteiger partial charge >= 0.3 is 0 Å². The van der Waals surface area contributed by atoms with Crippen LogP contribution in [0.15, 0.2) is 59.4 Å². The molecule has 0 spiro atoms. The van der Waals surface area contributed by atoms with Gasteiger partial charge in [-0.15, -0.1) is 9.83 Å². The van der Waals surface area contributed by atoms with Gasteiger partial charge in [-0.05, 0) is 12.1 Å². The second-order valence-corrected chi connectivity index (χ2v) is 4.84. The molecule has 2 aromatic heterocycles. The summed E-state index contributed by atoms with van der Waals surface area (Å²) in [4.78, 5) is 17.9. The van der Waals surface area contributed by atoms with Crippen molar-refractivity contribution in [3.05, 3.63) is 65.0 Å². The molecule has 0 atom stereocenters. The molecule has 22 heavy (non-hydrogen) atoms. The summed E-state index contributed by atoms with van der Waals surface area (Å²) >= 11 is 0. The second-order valence-electron chi connectivity index (χ2n) is 4.84. The van der Waals surface area contributed by atoms with Gasteiger partial charge in [0.15, 0.2) is 0 Å². The van der Waals surface area contributed by atoms with Crippen molar-refractivity contribution in [2.24, 2.45) is 0 Å². The molecule has 4 aromatic rings. The molecular weight excluding hydrogens is 280 g/mol. The highest BCUT2D eigenvalue weighted by Gasteiger charge is 2.18. The van der Waals surface area contributed by atoms with E-state index in [-0.39, 0.29) is 5.56 Å². The Morgan fingerprint density at radius 1 is 1.00 bits per heavy atom. The van der Waals surface area contributed by atoms with E-state index in [1.807, 2.05) is 48.5 Å². The number of para-hydroxylation sites is 1. The van der Waals surface area contributed by atoms with Gasteiger partial charge in [0.1, 0.15) is 12.8 Å². The third-order valence-corrected chi connectivity index (χ3v) is 3.62. The van der Waals surface area contributed by atoms with E-state index in [9.17, 15) is 4.79 Å². The summed E-state index contributed by atoms with van der Waals surface area (Å²) in [6.45, 7) is 0. The zero-order chi connectivity index (χ0) is 15.1. The van der Waals surface area contributed by atoms with Crippen LogP contribution in [0.5, 0.6) is 0 Å². The maximum absolute atomic E-state index is 12.6. The smallest absolute Gasteiger partial charge is 0.294 e. The van der Waals surface area contributed by atoms with Crippen molar-refractivity contribution in [3.8, 4) is 11.3 Å². The van der Waals surface area contributed by atoms with E-state index >= 15 is 0 Å². The number of hydrogen-bond donors (Lipinski definition) is 0. The number of benzene rings is 2. The van der Waals surface area contributed by atoms with Crippen LogP contribution in [0.1, 0.15) is 0 Å². The topological polar surface area (TPSA) is 61.4 Å². The fraction of sp³-hybridized carbons (Fsp3) is 0.0625. The van der Waals surface area contributed by atoms with E-state index in [1.165, 1.54) is 11.8 Å². The van der Waals surface area contributed by atoms with Crippen LogP contribution in [0.25, 0.3) is 27.8 Å². The van der Waals surface area contributed by atoms with E-state index < -0.39 is 0 Å². The summed E-state index contributed by atoms with van der Waals surface area (Å²) in [6, 6.07) is 16.9. The van der Waals surface area contributed by atoms with Gasteiger partial charge in [0.2, 0.25) is 5.65 Å². The van der Waals surface area contributed by atoms with Gasteiger partial charge in [0.05, 0.1) is 10.9 Å². The molecule has 4 rings (SSSR count). The van der Waals surface area contributed by atoms with Crippen LogP contribution in [0, 0.1) is 0 Å². The van der Waals surface area contributed by atoms with Crippen LogP contribution in [-0.4, -0.2) is 26.7 Å². The van der Waals surface area contributed by atoms with Crippen LogP contribution >= 0.6 is 0 Å². The van der Waals surface area contributed by atoms with Crippen molar-refractivity contribution in [1.29, 1.82) is 0 Å². The summed E-state index contributed by atoms with van der Waals surface area (Å²) in [6.07, 6.45) is 0. The predicted molar refractivity (Wildman–Crippen MR) is 82.7 cm³/mol. The normalized spacial score (nSPS) is 11.1. The molecule has 6 nitrogen and oxygen atoms in total. The van der Waals surface area contributed by atoms with E-state index in [4.69, 9.17) is 4.84 Å². The van der Waals surface area contributed by atoms with Crippen LogP contribution in [0.3, 0.4) is 0 Å². The third kappa shape index (κ3) is 1.64. The first-order valence-corrected chi connectivity index (χ1v) is 6.80. The van der Waals surface area contributed by atoms with Gasteiger partial charge in [-0.1, -0.05) is 47.7 Å². The largest absolute Gasteiger partial charge is 0.412 e. The van der Waals surface area contributed by atoms with Crippen molar-refractivity contribution in [1.82, 2.24) is 19.6 Å². The zero-order valence-corrected chi connectivity index (χ0v) is 11.8. The Morgan fingerprint density at radius 3 is 2.50 bits per heavy atom. The van der Waals surface area contributed by atoms with E-state index in [1.54, 1.807) is 10.6 Å². The van der Waals surface area contributed by atoms with Crippen molar-refractivity contribution < 1.29 is 4.84 Å². The van der Waals surface area contributed by atoms with E-state index in [2.05, 4.69) is 10.3 Å². The Kier molecular flexibility index (Phi) is 2.69. The highest BCUT2D eigenvalue weighted by atomic mass is 16.7. The standard InChI is InChI=1S/C16H12N4O2/c1-22-20-15-14(11-7-3-2-4-8-11)17-18-19(15)13-10-6-5-9-12(13)16(20)21/h2-10H,1H3. The molecule has 0 aliphatic rings. The summed E-state index contributed by atoms with van der Waals surface area (Å²) < 4.78 is 2.85. The minimum atomic E-state index is -0.231. The molecule has 0 saturated heterocycles. The van der Waals surface area contributed by atoms with E-state index in [0.29, 0.717) is 22.2 Å². The first-order chi connectivity index (χ1) is 10.8. The lowest BCUT2D eigenvalue weighted by atomic mass is 10.1. The van der Waals surface area contributed by atoms with Crippen molar-refractivity contribution >= 4 is 16.6 Å². The molecule has 2 heterocycles. The maximum atomic E-state index is 12.6. The Bertz CT molecular complexity index is 1030. The molecular formula is C16H12N4O2. The zero-order valence-electron chi connectivity index (χ0n) is 11.8. The van der Waals surface area contributed by atoms with Crippen LogP contribution in [0.4, 0.5) is 0 Å². The SMILES string of the molecule is COn1c(=O)c2ccccc2n2nnc(-c3ccccc3)c12. The number of fused-ring (bicyclic) bond motifs is 3. The minimum Gasteiger partial charge on any atom is -0.412 e. The first-order valence-electron chi connectivity index (χ1n) is 6.80. The quantitative estimate of drug-likeness (QED) is 0.565. The van der Waals surface area contributed by atoms with Gasteiger partial charge in [0, 0.05) is 5.56 Å². The lowest BCUT2D eigenvalue weighted by Gasteiger charge is -2.09. The summed E-state index contributed by atoms with van der Waals surface area (Å²) in [7, 11) is 1.46. The van der Waals surface area contributed by atoms with Gasteiger partial charge in [-0.3, -0.25) is 4.79 Å². The Balaban J connectivity index is 2.22. The molecule has 0 aliphatic carbocycles. The molecule has 0 saturated carbocycles. The summed E-state index contributed by atoms with van der Waals surface area (Å²) in [5.74, 6) is 0. The first kappa shape index (κ1) is 12.6. The van der Waals surface area contributed by atoms with E-state index in [0.717, 1.165) is 5.56 Å². The molecule has 0 unspecified atom stereocenters. The monoisotopic (exact) mass is 292 g/mol. The Hall–Kier alpha value is -3.15. The average molecular weight is 292 g/mol. The van der Waals surface area contributed by atoms with Crippen LogP contribution in [0.2, 0.25) is 0 Å². The maximum Gasteiger partial charge on any atom is 0.294 e. The van der Waals surface area contributed by atoms with Gasteiger partial charge in [0.25, 0.3) is 5.56 Å². The Morgan fingerprint density at radius 2 is 1.73 bits per heavy atom. The molecule has 0 fully saturated rings. The number of hydrogen-bond acceptors (Lipinski definition) is 4. The molecule has 2 aromatic carbocycles. The molecule has 0 radical (unpaired) electrons. The van der Waals surface area contributed by atoms with Gasteiger partial charge in [-0.25, -0.2) is 0 Å². The molecule has 0 aliphatic heterocycles.